The minimum Gasteiger partial charge on any atom is -0.497 e. The molecular formula is C23H25FN4O2. The van der Waals surface area contributed by atoms with Crippen LogP contribution in [0.2, 0.25) is 0 Å². The quantitative estimate of drug-likeness (QED) is 0.430. The van der Waals surface area contributed by atoms with E-state index in [4.69, 9.17) is 9.47 Å². The van der Waals surface area contributed by atoms with Crippen LogP contribution in [0.25, 0.3) is 0 Å². The number of nitrogens with zero attached hydrogens (tertiary/aromatic N) is 2. The predicted octanol–water partition coefficient (Wildman–Crippen LogP) is 4.28. The van der Waals surface area contributed by atoms with Crippen molar-refractivity contribution in [3.05, 3.63) is 83.8 Å². The van der Waals surface area contributed by atoms with E-state index in [1.165, 1.54) is 12.1 Å². The number of guanidine groups is 1. The highest BCUT2D eigenvalue weighted by Crippen LogP contribution is 2.20. The fourth-order valence-corrected chi connectivity index (χ4v) is 2.70. The first-order valence-corrected chi connectivity index (χ1v) is 9.69. The summed E-state index contributed by atoms with van der Waals surface area (Å²) < 4.78 is 24.1. The van der Waals surface area contributed by atoms with Crippen molar-refractivity contribution in [2.45, 2.75) is 20.0 Å². The summed E-state index contributed by atoms with van der Waals surface area (Å²) in [5.41, 5.74) is 2.03. The first-order chi connectivity index (χ1) is 14.7. The summed E-state index contributed by atoms with van der Waals surface area (Å²) in [7, 11) is 1.65. The van der Waals surface area contributed by atoms with E-state index >= 15 is 0 Å². The van der Waals surface area contributed by atoms with Gasteiger partial charge in [-0.2, -0.15) is 0 Å². The average molecular weight is 408 g/mol. The fourth-order valence-electron chi connectivity index (χ4n) is 2.70. The predicted molar refractivity (Wildman–Crippen MR) is 115 cm³/mol. The minimum absolute atomic E-state index is 0.351. The van der Waals surface area contributed by atoms with Crippen LogP contribution in [0.3, 0.4) is 0 Å². The molecule has 30 heavy (non-hydrogen) atoms. The molecule has 0 radical (unpaired) electrons. The van der Waals surface area contributed by atoms with Crippen molar-refractivity contribution in [3.63, 3.8) is 0 Å². The van der Waals surface area contributed by atoms with Crippen molar-refractivity contribution >= 4 is 5.96 Å². The smallest absolute Gasteiger partial charge is 0.219 e. The van der Waals surface area contributed by atoms with Crippen LogP contribution < -0.4 is 20.1 Å². The summed E-state index contributed by atoms with van der Waals surface area (Å²) in [4.78, 5) is 8.87. The number of halogens is 1. The van der Waals surface area contributed by atoms with Gasteiger partial charge in [-0.3, -0.25) is 0 Å². The molecule has 1 aromatic heterocycles. The van der Waals surface area contributed by atoms with Gasteiger partial charge in [0.05, 0.1) is 13.7 Å². The first kappa shape index (κ1) is 21.1. The van der Waals surface area contributed by atoms with Crippen LogP contribution in [0.15, 0.2) is 71.9 Å². The summed E-state index contributed by atoms with van der Waals surface area (Å²) in [6.07, 6.45) is 1.70. The molecule has 2 aromatic carbocycles. The molecule has 1 heterocycles. The largest absolute Gasteiger partial charge is 0.497 e. The molecule has 0 spiro atoms. The van der Waals surface area contributed by atoms with E-state index in [0.29, 0.717) is 30.7 Å². The lowest BCUT2D eigenvalue weighted by atomic mass is 10.2. The molecule has 0 saturated carbocycles. The van der Waals surface area contributed by atoms with Crippen molar-refractivity contribution < 1.29 is 13.9 Å². The van der Waals surface area contributed by atoms with Gasteiger partial charge < -0.3 is 20.1 Å². The molecule has 156 valence electrons. The highest BCUT2D eigenvalue weighted by Gasteiger charge is 2.03. The summed E-state index contributed by atoms with van der Waals surface area (Å²) in [6.45, 7) is 3.86. The van der Waals surface area contributed by atoms with Gasteiger partial charge in [0.15, 0.2) is 5.96 Å². The zero-order valence-corrected chi connectivity index (χ0v) is 17.1. The van der Waals surface area contributed by atoms with Crippen molar-refractivity contribution in [1.82, 2.24) is 15.6 Å². The molecule has 3 rings (SSSR count). The Bertz CT molecular complexity index is 977. The monoisotopic (exact) mass is 408 g/mol. The van der Waals surface area contributed by atoms with Gasteiger partial charge in [0, 0.05) is 31.4 Å². The third-order valence-electron chi connectivity index (χ3n) is 4.17. The molecular weight excluding hydrogens is 383 g/mol. The maximum atomic E-state index is 13.2. The van der Waals surface area contributed by atoms with Crippen molar-refractivity contribution in [1.29, 1.82) is 0 Å². The normalized spacial score (nSPS) is 11.1. The number of hydrogen-bond acceptors (Lipinski definition) is 4. The highest BCUT2D eigenvalue weighted by molar-refractivity contribution is 5.79. The van der Waals surface area contributed by atoms with Gasteiger partial charge in [0.2, 0.25) is 5.88 Å². The van der Waals surface area contributed by atoms with E-state index in [1.54, 1.807) is 31.5 Å². The number of hydrogen-bond donors (Lipinski definition) is 2. The van der Waals surface area contributed by atoms with Gasteiger partial charge in [-0.15, -0.1) is 0 Å². The molecule has 0 atom stereocenters. The number of nitrogens with one attached hydrogen (secondary N) is 2. The number of methoxy groups -OCH3 is 1. The Kier molecular flexibility index (Phi) is 7.60. The van der Waals surface area contributed by atoms with E-state index in [1.807, 2.05) is 37.3 Å². The minimum atomic E-state index is -0.351. The number of rotatable bonds is 8. The molecule has 6 nitrogen and oxygen atoms in total. The molecule has 0 bridgehead atoms. The molecule has 0 unspecified atom stereocenters. The summed E-state index contributed by atoms with van der Waals surface area (Å²) in [6, 6.07) is 17.5. The molecule has 0 saturated heterocycles. The maximum Gasteiger partial charge on any atom is 0.219 e. The average Bonchev–Trinajstić information content (AvgIpc) is 2.77. The van der Waals surface area contributed by atoms with Crippen molar-refractivity contribution in [2.75, 3.05) is 13.7 Å². The van der Waals surface area contributed by atoms with E-state index in [2.05, 4.69) is 20.6 Å². The molecule has 0 aliphatic heterocycles. The molecule has 7 heteroatoms. The van der Waals surface area contributed by atoms with Crippen molar-refractivity contribution in [2.24, 2.45) is 4.99 Å². The third kappa shape index (κ3) is 6.48. The van der Waals surface area contributed by atoms with Crippen LogP contribution in [0.1, 0.15) is 18.1 Å². The molecule has 2 N–H and O–H groups in total. The second-order valence-corrected chi connectivity index (χ2v) is 6.46. The lowest BCUT2D eigenvalue weighted by Gasteiger charge is -2.12. The van der Waals surface area contributed by atoms with E-state index in [-0.39, 0.29) is 5.82 Å². The lowest BCUT2D eigenvalue weighted by Crippen LogP contribution is -2.36. The number of aliphatic imine (C=N–C) groups is 1. The Labute approximate surface area is 175 Å². The fraction of sp³-hybridized carbons (Fsp3) is 0.217. The second-order valence-electron chi connectivity index (χ2n) is 6.46. The molecule has 3 aromatic rings. The summed E-state index contributed by atoms with van der Waals surface area (Å²) in [5, 5.41) is 6.54. The van der Waals surface area contributed by atoms with Gasteiger partial charge in [-0.25, -0.2) is 14.4 Å². The van der Waals surface area contributed by atoms with Crippen LogP contribution >= 0.6 is 0 Å². The lowest BCUT2D eigenvalue weighted by molar-refractivity contribution is 0.414. The molecule has 0 aliphatic carbocycles. The standard InChI is InChI=1S/C23H25FN4O2/c1-3-25-23(27-14-17-6-4-8-20(12-17)29-2)28-16-18-10-11-22(26-15-18)30-21-9-5-7-19(24)13-21/h4-13,15H,3,14,16H2,1-2H3,(H2,25,27,28). The van der Waals surface area contributed by atoms with Gasteiger partial charge in [0.25, 0.3) is 0 Å². The van der Waals surface area contributed by atoms with Crippen LogP contribution in [0, 0.1) is 5.82 Å². The van der Waals surface area contributed by atoms with Gasteiger partial charge >= 0.3 is 0 Å². The van der Waals surface area contributed by atoms with Gasteiger partial charge in [-0.1, -0.05) is 24.3 Å². The van der Waals surface area contributed by atoms with Crippen molar-refractivity contribution in [3.8, 4) is 17.4 Å². The summed E-state index contributed by atoms with van der Waals surface area (Å²) in [5.74, 6) is 1.99. The number of benzene rings is 2. The molecule has 0 aliphatic rings. The van der Waals surface area contributed by atoms with E-state index in [0.717, 1.165) is 23.4 Å². The van der Waals surface area contributed by atoms with E-state index in [9.17, 15) is 4.39 Å². The van der Waals surface area contributed by atoms with Gasteiger partial charge in [-0.05, 0) is 42.3 Å². The Morgan fingerprint density at radius 3 is 2.57 bits per heavy atom. The van der Waals surface area contributed by atoms with Crippen LogP contribution in [0.4, 0.5) is 4.39 Å². The zero-order chi connectivity index (χ0) is 21.2. The number of aromatic nitrogens is 1. The number of ether oxygens (including phenoxy) is 2. The topological polar surface area (TPSA) is 67.8 Å². The first-order valence-electron chi connectivity index (χ1n) is 9.69. The SMILES string of the molecule is CCNC(=NCc1ccc(Oc2cccc(F)c2)nc1)NCc1cccc(OC)c1. The van der Waals surface area contributed by atoms with E-state index < -0.39 is 0 Å². The third-order valence-corrected chi connectivity index (χ3v) is 4.17. The van der Waals surface area contributed by atoms with Crippen LogP contribution in [-0.4, -0.2) is 24.6 Å². The Hall–Kier alpha value is -3.61. The highest BCUT2D eigenvalue weighted by atomic mass is 19.1. The zero-order valence-electron chi connectivity index (χ0n) is 17.1. The Morgan fingerprint density at radius 1 is 1.00 bits per heavy atom. The second kappa shape index (κ2) is 10.8. The molecule has 0 fully saturated rings. The number of pyridine rings is 1. The van der Waals surface area contributed by atoms with Crippen LogP contribution in [-0.2, 0) is 13.1 Å². The Balaban J connectivity index is 1.58. The molecule has 0 amide bonds. The van der Waals surface area contributed by atoms with Gasteiger partial charge in [0.1, 0.15) is 17.3 Å². The van der Waals surface area contributed by atoms with Crippen LogP contribution in [0.5, 0.6) is 17.4 Å². The summed E-state index contributed by atoms with van der Waals surface area (Å²) >= 11 is 0. The Morgan fingerprint density at radius 2 is 1.83 bits per heavy atom. The maximum absolute atomic E-state index is 13.2.